The quantitative estimate of drug-likeness (QED) is 0.802. The molecule has 0 aromatic carbocycles. The van der Waals surface area contributed by atoms with E-state index in [9.17, 15) is 0 Å². The Kier molecular flexibility index (Phi) is 2.44. The molecule has 1 N–H and O–H groups in total. The van der Waals surface area contributed by atoms with Crippen molar-refractivity contribution < 1.29 is 4.42 Å². The SMILES string of the molecule is Cc1ccncc1NCc1cnco1. The molecule has 4 heteroatoms. The molecule has 0 saturated heterocycles. The highest BCUT2D eigenvalue weighted by Crippen LogP contribution is 2.12. The van der Waals surface area contributed by atoms with Crippen LogP contribution in [0.2, 0.25) is 0 Å². The minimum absolute atomic E-state index is 0.631. The van der Waals surface area contributed by atoms with Crippen LogP contribution in [0.3, 0.4) is 0 Å². The summed E-state index contributed by atoms with van der Waals surface area (Å²) in [5, 5.41) is 3.22. The van der Waals surface area contributed by atoms with Crippen LogP contribution in [0.4, 0.5) is 5.69 Å². The van der Waals surface area contributed by atoms with Gasteiger partial charge in [-0.25, -0.2) is 4.98 Å². The van der Waals surface area contributed by atoms with Crippen molar-refractivity contribution >= 4 is 5.69 Å². The van der Waals surface area contributed by atoms with Gasteiger partial charge in [0.05, 0.1) is 24.6 Å². The van der Waals surface area contributed by atoms with Crippen LogP contribution in [0, 0.1) is 6.92 Å². The summed E-state index contributed by atoms with van der Waals surface area (Å²) in [7, 11) is 0. The lowest BCUT2D eigenvalue weighted by Gasteiger charge is -2.05. The molecule has 0 radical (unpaired) electrons. The van der Waals surface area contributed by atoms with Crippen LogP contribution in [0.1, 0.15) is 11.3 Å². The average molecular weight is 189 g/mol. The molecule has 0 bridgehead atoms. The van der Waals surface area contributed by atoms with Gasteiger partial charge >= 0.3 is 0 Å². The second-order valence-electron chi connectivity index (χ2n) is 3.01. The Morgan fingerprint density at radius 2 is 2.29 bits per heavy atom. The van der Waals surface area contributed by atoms with E-state index >= 15 is 0 Å². The first-order valence-electron chi connectivity index (χ1n) is 4.38. The number of oxazole rings is 1. The molecular weight excluding hydrogens is 178 g/mol. The largest absolute Gasteiger partial charge is 0.447 e. The summed E-state index contributed by atoms with van der Waals surface area (Å²) in [6, 6.07) is 1.96. The number of rotatable bonds is 3. The Morgan fingerprint density at radius 3 is 3.00 bits per heavy atom. The first-order chi connectivity index (χ1) is 6.86. The molecule has 2 rings (SSSR count). The minimum atomic E-state index is 0.631. The van der Waals surface area contributed by atoms with Crippen molar-refractivity contribution in [3.63, 3.8) is 0 Å². The highest BCUT2D eigenvalue weighted by molar-refractivity contribution is 5.47. The fourth-order valence-electron chi connectivity index (χ4n) is 1.16. The number of pyridine rings is 1. The lowest BCUT2D eigenvalue weighted by Crippen LogP contribution is -2.00. The van der Waals surface area contributed by atoms with Gasteiger partial charge in [-0.3, -0.25) is 4.98 Å². The van der Waals surface area contributed by atoms with Gasteiger partial charge in [0.2, 0.25) is 0 Å². The monoisotopic (exact) mass is 189 g/mol. The van der Waals surface area contributed by atoms with E-state index in [0.29, 0.717) is 6.54 Å². The number of hydrogen-bond donors (Lipinski definition) is 1. The topological polar surface area (TPSA) is 51.0 Å². The Bertz CT molecular complexity index is 398. The van der Waals surface area contributed by atoms with Crippen molar-refractivity contribution in [1.29, 1.82) is 0 Å². The van der Waals surface area contributed by atoms with Crippen LogP contribution in [-0.4, -0.2) is 9.97 Å². The van der Waals surface area contributed by atoms with Crippen LogP contribution in [0.5, 0.6) is 0 Å². The van der Waals surface area contributed by atoms with Crippen molar-refractivity contribution in [2.24, 2.45) is 0 Å². The molecule has 0 aliphatic carbocycles. The molecule has 72 valence electrons. The van der Waals surface area contributed by atoms with E-state index < -0.39 is 0 Å². The van der Waals surface area contributed by atoms with Gasteiger partial charge in [-0.2, -0.15) is 0 Å². The van der Waals surface area contributed by atoms with E-state index in [1.54, 1.807) is 18.6 Å². The molecule has 0 spiro atoms. The van der Waals surface area contributed by atoms with E-state index in [1.165, 1.54) is 12.0 Å². The summed E-state index contributed by atoms with van der Waals surface area (Å²) in [5.41, 5.74) is 2.18. The molecular formula is C10H11N3O. The maximum Gasteiger partial charge on any atom is 0.180 e. The predicted octanol–water partition coefficient (Wildman–Crippen LogP) is 1.99. The third kappa shape index (κ3) is 1.90. The summed E-state index contributed by atoms with van der Waals surface area (Å²) >= 11 is 0. The Hall–Kier alpha value is -1.84. The molecule has 2 aromatic heterocycles. The second kappa shape index (κ2) is 3.91. The van der Waals surface area contributed by atoms with E-state index in [2.05, 4.69) is 15.3 Å². The molecule has 0 fully saturated rings. The van der Waals surface area contributed by atoms with Crippen LogP contribution >= 0.6 is 0 Å². The molecule has 4 nitrogen and oxygen atoms in total. The number of aromatic nitrogens is 2. The van der Waals surface area contributed by atoms with Gasteiger partial charge in [-0.15, -0.1) is 0 Å². The number of nitrogens with zero attached hydrogens (tertiary/aromatic N) is 2. The summed E-state index contributed by atoms with van der Waals surface area (Å²) in [6.07, 6.45) is 6.69. The normalized spacial score (nSPS) is 10.1. The van der Waals surface area contributed by atoms with Crippen molar-refractivity contribution in [2.45, 2.75) is 13.5 Å². The second-order valence-corrected chi connectivity index (χ2v) is 3.01. The average Bonchev–Trinajstić information content (AvgIpc) is 2.69. The highest BCUT2D eigenvalue weighted by Gasteiger charge is 1.98. The summed E-state index contributed by atoms with van der Waals surface area (Å²) < 4.78 is 5.10. The first kappa shape index (κ1) is 8.74. The zero-order chi connectivity index (χ0) is 9.80. The van der Waals surface area contributed by atoms with Gasteiger partial charge in [0.15, 0.2) is 6.39 Å². The third-order valence-corrected chi connectivity index (χ3v) is 1.98. The first-order valence-corrected chi connectivity index (χ1v) is 4.38. The number of nitrogens with one attached hydrogen (secondary N) is 1. The lowest BCUT2D eigenvalue weighted by atomic mass is 10.2. The van der Waals surface area contributed by atoms with Crippen molar-refractivity contribution in [3.8, 4) is 0 Å². The third-order valence-electron chi connectivity index (χ3n) is 1.98. The maximum absolute atomic E-state index is 5.10. The van der Waals surface area contributed by atoms with Crippen LogP contribution < -0.4 is 5.32 Å². The molecule has 0 aliphatic rings. The van der Waals surface area contributed by atoms with Crippen LogP contribution in [0.15, 0.2) is 35.5 Å². The van der Waals surface area contributed by atoms with E-state index in [4.69, 9.17) is 4.42 Å². The molecule has 2 aromatic rings. The smallest absolute Gasteiger partial charge is 0.180 e. The number of aryl methyl sites for hydroxylation is 1. The molecule has 2 heterocycles. The van der Waals surface area contributed by atoms with Gasteiger partial charge < -0.3 is 9.73 Å². The molecule has 0 saturated carbocycles. The molecule has 0 atom stereocenters. The molecule has 0 aliphatic heterocycles. The molecule has 0 amide bonds. The fraction of sp³-hybridized carbons (Fsp3) is 0.200. The van der Waals surface area contributed by atoms with E-state index in [1.807, 2.05) is 13.0 Å². The van der Waals surface area contributed by atoms with Crippen molar-refractivity contribution in [3.05, 3.63) is 42.4 Å². The zero-order valence-electron chi connectivity index (χ0n) is 7.90. The highest BCUT2D eigenvalue weighted by atomic mass is 16.3. The summed E-state index contributed by atoms with van der Waals surface area (Å²) in [6.45, 7) is 2.66. The van der Waals surface area contributed by atoms with Gasteiger partial charge in [0.1, 0.15) is 5.76 Å². The lowest BCUT2D eigenvalue weighted by molar-refractivity contribution is 0.511. The molecule has 14 heavy (non-hydrogen) atoms. The fourth-order valence-corrected chi connectivity index (χ4v) is 1.16. The van der Waals surface area contributed by atoms with Crippen LogP contribution in [-0.2, 0) is 6.54 Å². The Labute approximate surface area is 82.0 Å². The Morgan fingerprint density at radius 1 is 1.36 bits per heavy atom. The minimum Gasteiger partial charge on any atom is -0.447 e. The maximum atomic E-state index is 5.10. The summed E-state index contributed by atoms with van der Waals surface area (Å²) in [4.78, 5) is 7.87. The van der Waals surface area contributed by atoms with Gasteiger partial charge in [-0.05, 0) is 18.6 Å². The van der Waals surface area contributed by atoms with Crippen molar-refractivity contribution in [2.75, 3.05) is 5.32 Å². The van der Waals surface area contributed by atoms with Gasteiger partial charge in [0.25, 0.3) is 0 Å². The van der Waals surface area contributed by atoms with Crippen LogP contribution in [0.25, 0.3) is 0 Å². The van der Waals surface area contributed by atoms with E-state index in [0.717, 1.165) is 11.4 Å². The standard InChI is InChI=1S/C10H11N3O/c1-8-2-3-11-6-10(8)13-5-9-4-12-7-14-9/h2-4,6-7,13H,5H2,1H3. The van der Waals surface area contributed by atoms with Gasteiger partial charge in [-0.1, -0.05) is 0 Å². The number of anilines is 1. The predicted molar refractivity (Wildman–Crippen MR) is 52.8 cm³/mol. The summed E-state index contributed by atoms with van der Waals surface area (Å²) in [5.74, 6) is 0.813. The number of hydrogen-bond acceptors (Lipinski definition) is 4. The molecule has 0 unspecified atom stereocenters. The van der Waals surface area contributed by atoms with Gasteiger partial charge in [0, 0.05) is 6.20 Å². The Balaban J connectivity index is 2.02. The zero-order valence-corrected chi connectivity index (χ0v) is 7.90. The van der Waals surface area contributed by atoms with E-state index in [-0.39, 0.29) is 0 Å². The van der Waals surface area contributed by atoms with Crippen molar-refractivity contribution in [1.82, 2.24) is 9.97 Å².